The molecule has 0 spiro atoms. The summed E-state index contributed by atoms with van der Waals surface area (Å²) in [7, 11) is 0. The molecule has 63 heavy (non-hydrogen) atoms. The number of likely N-dealkylation sites (tertiary alicyclic amines) is 1. The van der Waals surface area contributed by atoms with Crippen molar-refractivity contribution in [1.82, 2.24) is 30.0 Å². The molecular formula is C46H47Cl2N9O6. The van der Waals surface area contributed by atoms with E-state index in [-0.39, 0.29) is 19.4 Å². The number of imide groups is 2. The number of alkyl halides is 1. The van der Waals surface area contributed by atoms with Gasteiger partial charge in [-0.05, 0) is 66.1 Å². The second-order valence-corrected chi connectivity index (χ2v) is 17.9. The largest absolute Gasteiger partial charge is 0.502 e. The van der Waals surface area contributed by atoms with E-state index in [1.165, 1.54) is 0 Å². The highest BCUT2D eigenvalue weighted by molar-refractivity contribution is 6.32. The van der Waals surface area contributed by atoms with Crippen LogP contribution in [0.5, 0.6) is 11.5 Å². The van der Waals surface area contributed by atoms with Gasteiger partial charge in [0.25, 0.3) is 11.8 Å². The Morgan fingerprint density at radius 1 is 0.841 bits per heavy atom. The van der Waals surface area contributed by atoms with Crippen LogP contribution in [0.1, 0.15) is 64.2 Å². The fourth-order valence-corrected chi connectivity index (χ4v) is 9.42. The van der Waals surface area contributed by atoms with Gasteiger partial charge in [0.2, 0.25) is 23.5 Å². The highest BCUT2D eigenvalue weighted by atomic mass is 35.5. The summed E-state index contributed by atoms with van der Waals surface area (Å²) in [6.45, 7) is 19.6. The van der Waals surface area contributed by atoms with Crippen molar-refractivity contribution in [3.8, 4) is 11.5 Å². The van der Waals surface area contributed by atoms with Crippen LogP contribution in [0, 0.1) is 6.57 Å². The number of carbonyl (C=O) groups excluding carboxylic acids is 4. The number of fused-ring (bicyclic) bond motifs is 1. The summed E-state index contributed by atoms with van der Waals surface area (Å²) >= 11 is 12.3. The maximum absolute atomic E-state index is 13.3. The molecule has 5 aliphatic rings. The average molecular weight is 893 g/mol. The highest BCUT2D eigenvalue weighted by Gasteiger charge is 2.46. The van der Waals surface area contributed by atoms with Crippen molar-refractivity contribution in [3.05, 3.63) is 111 Å². The lowest BCUT2D eigenvalue weighted by Gasteiger charge is -2.55. The van der Waals surface area contributed by atoms with Gasteiger partial charge in [-0.2, -0.15) is 0 Å². The molecule has 326 valence electrons. The van der Waals surface area contributed by atoms with Crippen molar-refractivity contribution in [2.45, 2.75) is 56.8 Å². The minimum absolute atomic E-state index is 0.0912. The Morgan fingerprint density at radius 2 is 1.57 bits per heavy atom. The lowest BCUT2D eigenvalue weighted by atomic mass is 9.78. The van der Waals surface area contributed by atoms with Gasteiger partial charge in [0.15, 0.2) is 0 Å². The van der Waals surface area contributed by atoms with Crippen molar-refractivity contribution in [2.75, 3.05) is 74.6 Å². The number of hydrogen-bond acceptors (Lipinski definition) is 12. The van der Waals surface area contributed by atoms with Crippen molar-refractivity contribution in [2.24, 2.45) is 0 Å². The van der Waals surface area contributed by atoms with Gasteiger partial charge in [0, 0.05) is 88.2 Å². The molecule has 0 aliphatic carbocycles. The molecule has 4 amide bonds. The monoisotopic (exact) mass is 891 g/mol. The van der Waals surface area contributed by atoms with E-state index >= 15 is 0 Å². The summed E-state index contributed by atoms with van der Waals surface area (Å²) in [5.41, 5.74) is 4.13. The molecule has 1 N–H and O–H groups in total. The number of nitrogens with zero attached hydrogens (tertiary/aromatic N) is 8. The van der Waals surface area contributed by atoms with Crippen LogP contribution >= 0.6 is 23.2 Å². The number of amides is 4. The molecule has 4 aromatic rings. The molecule has 5 aliphatic heterocycles. The highest BCUT2D eigenvalue weighted by Crippen LogP contribution is 2.42. The van der Waals surface area contributed by atoms with Gasteiger partial charge in [-0.1, -0.05) is 37.6 Å². The number of halogens is 2. The first-order valence-corrected chi connectivity index (χ1v) is 22.1. The molecular weight excluding hydrogens is 845 g/mol. The molecule has 3 aromatic carbocycles. The molecule has 1 aromatic heterocycles. The predicted octanol–water partition coefficient (Wildman–Crippen LogP) is 5.30. The van der Waals surface area contributed by atoms with Crippen molar-refractivity contribution in [3.63, 3.8) is 0 Å². The quantitative estimate of drug-likeness (QED) is 0.106. The first-order chi connectivity index (χ1) is 30.4. The molecule has 1 atom stereocenters. The Morgan fingerprint density at radius 3 is 2.29 bits per heavy atom. The normalized spacial score (nSPS) is 20.0. The lowest BCUT2D eigenvalue weighted by molar-refractivity contribution is -0.136. The zero-order chi connectivity index (χ0) is 44.0. The van der Waals surface area contributed by atoms with E-state index in [0.29, 0.717) is 58.1 Å². The number of hydrogen-bond donors (Lipinski definition) is 1. The molecule has 6 heterocycles. The smallest absolute Gasteiger partial charge is 0.262 e. The first kappa shape index (κ1) is 42.5. The van der Waals surface area contributed by atoms with Crippen LogP contribution in [-0.4, -0.2) is 131 Å². The molecule has 0 saturated carbocycles. The molecule has 1 unspecified atom stereocenters. The summed E-state index contributed by atoms with van der Waals surface area (Å²) in [5, 5.41) is 2.63. The lowest BCUT2D eigenvalue weighted by Crippen LogP contribution is -2.71. The van der Waals surface area contributed by atoms with Gasteiger partial charge < -0.3 is 19.3 Å². The second kappa shape index (κ2) is 17.4. The summed E-state index contributed by atoms with van der Waals surface area (Å²) in [4.78, 5) is 74.1. The van der Waals surface area contributed by atoms with Crippen LogP contribution in [0.2, 0.25) is 5.02 Å². The van der Waals surface area contributed by atoms with Gasteiger partial charge in [-0.15, -0.1) is 11.6 Å². The zero-order valence-electron chi connectivity index (χ0n) is 35.1. The van der Waals surface area contributed by atoms with Crippen LogP contribution in [0.25, 0.3) is 4.85 Å². The van der Waals surface area contributed by atoms with E-state index in [0.717, 1.165) is 85.5 Å². The SMILES string of the molecule is [C-]#[N+]c1cc(C(C)(C)c2ccc(OCc3ccnc(N4CCN(C5CN(C6CN(c7ccc8c(c7)C(=O)N(C7CCC(=O)NC7=O)C8=O)C6)C5)CC4)n3)cc2)cc(Cl)c1OCCCl. The molecule has 0 bridgehead atoms. The molecule has 0 radical (unpaired) electrons. The van der Waals surface area contributed by atoms with Crippen molar-refractivity contribution < 1.29 is 28.7 Å². The Bertz CT molecular complexity index is 2490. The second-order valence-electron chi connectivity index (χ2n) is 17.1. The van der Waals surface area contributed by atoms with E-state index in [1.807, 2.05) is 48.5 Å². The number of ether oxygens (including phenoxy) is 2. The van der Waals surface area contributed by atoms with E-state index in [2.05, 4.69) is 48.6 Å². The average Bonchev–Trinajstić information content (AvgIpc) is 3.50. The minimum Gasteiger partial charge on any atom is -0.502 e. The Balaban J connectivity index is 0.721. The Hall–Kier alpha value is -5.79. The number of rotatable bonds is 13. The third kappa shape index (κ3) is 8.28. The third-order valence-corrected chi connectivity index (χ3v) is 13.5. The third-order valence-electron chi connectivity index (χ3n) is 13.0. The Labute approximate surface area is 375 Å². The number of benzene rings is 3. The van der Waals surface area contributed by atoms with Gasteiger partial charge in [0.1, 0.15) is 24.1 Å². The molecule has 4 fully saturated rings. The van der Waals surface area contributed by atoms with Gasteiger partial charge in [0.05, 0.1) is 40.9 Å². The van der Waals surface area contributed by atoms with Crippen LogP contribution in [0.3, 0.4) is 0 Å². The summed E-state index contributed by atoms with van der Waals surface area (Å²) in [6.07, 6.45) is 2.01. The first-order valence-electron chi connectivity index (χ1n) is 21.2. The number of carbonyl (C=O) groups is 4. The van der Waals surface area contributed by atoms with E-state index in [1.54, 1.807) is 18.3 Å². The van der Waals surface area contributed by atoms with Crippen LogP contribution in [-0.2, 0) is 21.6 Å². The van der Waals surface area contributed by atoms with E-state index < -0.39 is 35.1 Å². The number of piperidine rings is 1. The number of aromatic nitrogens is 2. The van der Waals surface area contributed by atoms with E-state index in [4.69, 9.17) is 44.2 Å². The fourth-order valence-electron chi connectivity index (χ4n) is 9.07. The molecule has 17 heteroatoms. The van der Waals surface area contributed by atoms with Crippen LogP contribution in [0.4, 0.5) is 17.3 Å². The predicted molar refractivity (Wildman–Crippen MR) is 237 cm³/mol. The van der Waals surface area contributed by atoms with Gasteiger partial charge in [-0.3, -0.25) is 39.2 Å². The maximum atomic E-state index is 13.3. The zero-order valence-corrected chi connectivity index (χ0v) is 36.6. The van der Waals surface area contributed by atoms with Gasteiger partial charge >= 0.3 is 0 Å². The molecule has 9 rings (SSSR count). The Kier molecular flexibility index (Phi) is 11.7. The number of nitrogens with one attached hydrogen (secondary N) is 1. The van der Waals surface area contributed by atoms with E-state index in [9.17, 15) is 19.2 Å². The van der Waals surface area contributed by atoms with Crippen molar-refractivity contribution >= 4 is 64.2 Å². The van der Waals surface area contributed by atoms with Crippen molar-refractivity contribution in [1.29, 1.82) is 0 Å². The summed E-state index contributed by atoms with van der Waals surface area (Å²) in [5.74, 6) is 0.101. The maximum Gasteiger partial charge on any atom is 0.262 e. The number of piperazine rings is 1. The molecule has 4 saturated heterocycles. The van der Waals surface area contributed by atoms with Crippen LogP contribution in [0.15, 0.2) is 66.9 Å². The molecule has 15 nitrogen and oxygen atoms in total. The minimum atomic E-state index is -0.973. The van der Waals surface area contributed by atoms with Gasteiger partial charge in [-0.25, -0.2) is 14.8 Å². The summed E-state index contributed by atoms with van der Waals surface area (Å²) < 4.78 is 11.8. The summed E-state index contributed by atoms with van der Waals surface area (Å²) in [6, 6.07) is 18.7. The topological polar surface area (TPSA) is 145 Å². The number of anilines is 2. The standard InChI is InChI=1S/C46H47Cl2N9O6/c1-46(2,29-20-37(48)41(62-19-13-47)38(21-29)49-3)28-4-7-34(8-5-28)63-27-30-12-14-50-45(51-30)54-17-15-53(16-18-54)32-23-56(24-32)33-25-55(26-33)31-6-9-35-36(22-31)44(61)57(43(35)60)39-10-11-40(58)52-42(39)59/h4-9,12,14,20-22,32-33,39H,10-11,13,15-19,23-27H2,1-2H3,(H,52,58,59). The fraction of sp³-hybridized carbons (Fsp3) is 0.413. The van der Waals surface area contributed by atoms with Crippen LogP contribution < -0.4 is 24.6 Å².